The summed E-state index contributed by atoms with van der Waals surface area (Å²) in [4.78, 5) is 16.7. The summed E-state index contributed by atoms with van der Waals surface area (Å²) in [5, 5.41) is 8.63. The summed E-state index contributed by atoms with van der Waals surface area (Å²) in [5.41, 5.74) is 1.88. The van der Waals surface area contributed by atoms with Crippen LogP contribution in [0.5, 0.6) is 11.5 Å². The summed E-state index contributed by atoms with van der Waals surface area (Å²) in [6.45, 7) is 0. The summed E-state index contributed by atoms with van der Waals surface area (Å²) in [5.74, 6) is 0.832. The van der Waals surface area contributed by atoms with Gasteiger partial charge in [-0.25, -0.2) is 0 Å². The number of amides is 1. The van der Waals surface area contributed by atoms with E-state index in [1.807, 2.05) is 12.1 Å². The zero-order chi connectivity index (χ0) is 19.5. The second-order valence-corrected chi connectivity index (χ2v) is 7.08. The number of fused-ring (bicyclic) bond motifs is 1. The average molecular weight is 380 g/mol. The lowest BCUT2D eigenvalue weighted by molar-refractivity contribution is 0.102. The summed E-state index contributed by atoms with van der Waals surface area (Å²) >= 11 is 0. The highest BCUT2D eigenvalue weighted by Crippen LogP contribution is 2.33. The van der Waals surface area contributed by atoms with E-state index >= 15 is 0 Å². The SMILES string of the molecule is COc1cncc(C(=O)Nc2cc3cn(C4CCCCC4)nc3cc2OC)c1. The molecule has 1 aromatic carbocycles. The van der Waals surface area contributed by atoms with Crippen molar-refractivity contribution in [3.8, 4) is 11.5 Å². The van der Waals surface area contributed by atoms with Crippen LogP contribution in [0.4, 0.5) is 5.69 Å². The van der Waals surface area contributed by atoms with E-state index in [9.17, 15) is 4.79 Å². The molecule has 2 aromatic heterocycles. The first kappa shape index (κ1) is 18.3. The molecule has 2 heterocycles. The van der Waals surface area contributed by atoms with Crippen LogP contribution in [0, 0.1) is 0 Å². The van der Waals surface area contributed by atoms with Gasteiger partial charge in [-0.05, 0) is 25.0 Å². The van der Waals surface area contributed by atoms with E-state index in [0.717, 1.165) is 23.7 Å². The van der Waals surface area contributed by atoms with Crippen LogP contribution in [-0.2, 0) is 0 Å². The molecule has 146 valence electrons. The lowest BCUT2D eigenvalue weighted by atomic mass is 9.96. The molecule has 1 saturated carbocycles. The van der Waals surface area contributed by atoms with Crippen molar-refractivity contribution in [2.24, 2.45) is 0 Å². The van der Waals surface area contributed by atoms with Gasteiger partial charge in [0.1, 0.15) is 11.5 Å². The first-order chi connectivity index (χ1) is 13.7. The molecular formula is C21H24N4O3. The van der Waals surface area contributed by atoms with Crippen molar-refractivity contribution < 1.29 is 14.3 Å². The number of benzene rings is 1. The highest BCUT2D eigenvalue weighted by molar-refractivity contribution is 6.06. The Morgan fingerprint density at radius 1 is 1.11 bits per heavy atom. The van der Waals surface area contributed by atoms with Gasteiger partial charge in [-0.2, -0.15) is 5.10 Å². The fourth-order valence-corrected chi connectivity index (χ4v) is 3.72. The van der Waals surface area contributed by atoms with Crippen LogP contribution in [0.15, 0.2) is 36.8 Å². The molecule has 0 aliphatic heterocycles. The van der Waals surface area contributed by atoms with Gasteiger partial charge in [0.15, 0.2) is 0 Å². The van der Waals surface area contributed by atoms with Crippen LogP contribution >= 0.6 is 0 Å². The van der Waals surface area contributed by atoms with Gasteiger partial charge in [-0.15, -0.1) is 0 Å². The Labute approximate surface area is 163 Å². The third-order valence-electron chi connectivity index (χ3n) is 5.25. The Balaban J connectivity index is 1.62. The molecule has 3 aromatic rings. The van der Waals surface area contributed by atoms with Crippen LogP contribution in [0.1, 0.15) is 48.5 Å². The highest BCUT2D eigenvalue weighted by Gasteiger charge is 2.18. The molecule has 7 heteroatoms. The largest absolute Gasteiger partial charge is 0.495 e. The molecule has 1 amide bonds. The molecule has 0 saturated heterocycles. The molecule has 0 radical (unpaired) electrons. The molecule has 0 spiro atoms. The normalized spacial score (nSPS) is 14.8. The molecule has 7 nitrogen and oxygen atoms in total. The Morgan fingerprint density at radius 2 is 1.93 bits per heavy atom. The van der Waals surface area contributed by atoms with Crippen molar-refractivity contribution in [2.75, 3.05) is 19.5 Å². The number of anilines is 1. The zero-order valence-corrected chi connectivity index (χ0v) is 16.1. The summed E-state index contributed by atoms with van der Waals surface area (Å²) < 4.78 is 12.7. The van der Waals surface area contributed by atoms with Gasteiger partial charge in [0.05, 0.1) is 43.2 Å². The maximum absolute atomic E-state index is 12.7. The lowest BCUT2D eigenvalue weighted by Crippen LogP contribution is -2.13. The summed E-state index contributed by atoms with van der Waals surface area (Å²) in [7, 11) is 3.13. The maximum atomic E-state index is 12.7. The number of nitrogens with zero attached hydrogens (tertiary/aromatic N) is 3. The number of pyridine rings is 1. The first-order valence-electron chi connectivity index (χ1n) is 9.55. The number of hydrogen-bond donors (Lipinski definition) is 1. The summed E-state index contributed by atoms with van der Waals surface area (Å²) in [6.07, 6.45) is 11.3. The topological polar surface area (TPSA) is 78.3 Å². The molecule has 4 rings (SSSR count). The van der Waals surface area contributed by atoms with Gasteiger partial charge < -0.3 is 14.8 Å². The minimum absolute atomic E-state index is 0.274. The molecule has 0 bridgehead atoms. The Bertz CT molecular complexity index is 992. The van der Waals surface area contributed by atoms with E-state index in [1.165, 1.54) is 25.5 Å². The van der Waals surface area contributed by atoms with Crippen LogP contribution in [0.3, 0.4) is 0 Å². The predicted octanol–water partition coefficient (Wildman–Crippen LogP) is 4.21. The highest BCUT2D eigenvalue weighted by atomic mass is 16.5. The van der Waals surface area contributed by atoms with Gasteiger partial charge in [0.25, 0.3) is 5.91 Å². The Kier molecular flexibility index (Phi) is 5.14. The van der Waals surface area contributed by atoms with Gasteiger partial charge in [-0.3, -0.25) is 14.5 Å². The van der Waals surface area contributed by atoms with E-state index in [0.29, 0.717) is 28.8 Å². The number of rotatable bonds is 5. The van der Waals surface area contributed by atoms with Crippen molar-refractivity contribution in [1.29, 1.82) is 0 Å². The Hall–Kier alpha value is -3.09. The number of methoxy groups -OCH3 is 2. The van der Waals surface area contributed by atoms with E-state index in [-0.39, 0.29) is 5.91 Å². The number of nitrogens with one attached hydrogen (secondary N) is 1. The number of hydrogen-bond acceptors (Lipinski definition) is 5. The van der Waals surface area contributed by atoms with Gasteiger partial charge in [-0.1, -0.05) is 19.3 Å². The molecule has 1 fully saturated rings. The summed E-state index contributed by atoms with van der Waals surface area (Å²) in [6, 6.07) is 5.88. The fraction of sp³-hybridized carbons (Fsp3) is 0.381. The molecule has 1 aliphatic carbocycles. The number of carbonyl (C=O) groups excluding carboxylic acids is 1. The molecule has 0 atom stereocenters. The second kappa shape index (κ2) is 7.88. The smallest absolute Gasteiger partial charge is 0.257 e. The van der Waals surface area contributed by atoms with Gasteiger partial charge >= 0.3 is 0 Å². The van der Waals surface area contributed by atoms with Crippen molar-refractivity contribution in [1.82, 2.24) is 14.8 Å². The fourth-order valence-electron chi connectivity index (χ4n) is 3.72. The zero-order valence-electron chi connectivity index (χ0n) is 16.1. The monoisotopic (exact) mass is 380 g/mol. The van der Waals surface area contributed by atoms with Gasteiger partial charge in [0, 0.05) is 23.8 Å². The molecule has 1 aliphatic rings. The average Bonchev–Trinajstić information content (AvgIpc) is 3.16. The standard InChI is InChI=1S/C21H24N4O3/c1-27-17-8-14(11-22-12-17)21(26)23-19-9-15-13-25(16-6-4-3-5-7-16)24-18(15)10-20(19)28-2/h8-13,16H,3-7H2,1-2H3,(H,23,26). The number of ether oxygens (including phenoxy) is 2. The van der Waals surface area contributed by atoms with E-state index in [1.54, 1.807) is 26.5 Å². The third-order valence-corrected chi connectivity index (χ3v) is 5.25. The lowest BCUT2D eigenvalue weighted by Gasteiger charge is -2.21. The minimum atomic E-state index is -0.274. The second-order valence-electron chi connectivity index (χ2n) is 7.08. The van der Waals surface area contributed by atoms with Crippen LogP contribution < -0.4 is 14.8 Å². The van der Waals surface area contributed by atoms with Gasteiger partial charge in [0.2, 0.25) is 0 Å². The van der Waals surface area contributed by atoms with E-state index in [2.05, 4.69) is 21.2 Å². The number of aromatic nitrogens is 3. The molecular weight excluding hydrogens is 356 g/mol. The maximum Gasteiger partial charge on any atom is 0.257 e. The van der Waals surface area contributed by atoms with Crippen molar-refractivity contribution in [2.45, 2.75) is 38.1 Å². The predicted molar refractivity (Wildman–Crippen MR) is 107 cm³/mol. The third kappa shape index (κ3) is 3.65. The van der Waals surface area contributed by atoms with Crippen LogP contribution in [0.2, 0.25) is 0 Å². The quantitative estimate of drug-likeness (QED) is 0.717. The Morgan fingerprint density at radius 3 is 2.68 bits per heavy atom. The first-order valence-corrected chi connectivity index (χ1v) is 9.55. The van der Waals surface area contributed by atoms with Crippen molar-refractivity contribution >= 4 is 22.5 Å². The minimum Gasteiger partial charge on any atom is -0.495 e. The van der Waals surface area contributed by atoms with Crippen LogP contribution in [-0.4, -0.2) is 34.9 Å². The van der Waals surface area contributed by atoms with E-state index < -0.39 is 0 Å². The van der Waals surface area contributed by atoms with Crippen molar-refractivity contribution in [3.63, 3.8) is 0 Å². The molecule has 1 N–H and O–H groups in total. The van der Waals surface area contributed by atoms with Crippen molar-refractivity contribution in [3.05, 3.63) is 42.4 Å². The van der Waals surface area contributed by atoms with Crippen LogP contribution in [0.25, 0.3) is 10.9 Å². The molecule has 28 heavy (non-hydrogen) atoms. The molecule has 0 unspecified atom stereocenters. The number of carbonyl (C=O) groups is 1. The van der Waals surface area contributed by atoms with E-state index in [4.69, 9.17) is 14.6 Å².